The summed E-state index contributed by atoms with van der Waals surface area (Å²) in [5.41, 5.74) is 2.88. The summed E-state index contributed by atoms with van der Waals surface area (Å²) >= 11 is -2.00. The zero-order chi connectivity index (χ0) is 14.5. The Hall–Kier alpha value is -1.27. The quantitative estimate of drug-likeness (QED) is 0.524. The summed E-state index contributed by atoms with van der Waals surface area (Å²) in [6.45, 7) is 15.5. The van der Waals surface area contributed by atoms with E-state index in [4.69, 9.17) is 5.26 Å². The molecule has 0 aliphatic rings. The third-order valence-electron chi connectivity index (χ3n) is 4.40. The van der Waals surface area contributed by atoms with Gasteiger partial charge in [-0.05, 0) is 0 Å². The maximum absolute atomic E-state index is 8.84. The summed E-state index contributed by atoms with van der Waals surface area (Å²) < 4.78 is 1.32. The van der Waals surface area contributed by atoms with Crippen LogP contribution < -0.4 is 0 Å². The molecule has 0 aromatic heterocycles. The number of hydrogen-bond acceptors (Lipinski definition) is 1. The maximum atomic E-state index is 8.84. The average Bonchev–Trinajstić information content (AvgIpc) is 2.48. The Morgan fingerprint density at radius 3 is 1.89 bits per heavy atom. The predicted molar refractivity (Wildman–Crippen MR) is 86.5 cm³/mol. The van der Waals surface area contributed by atoms with Crippen molar-refractivity contribution in [2.24, 2.45) is 0 Å². The van der Waals surface area contributed by atoms with Crippen molar-refractivity contribution in [2.75, 3.05) is 0 Å². The molecule has 0 saturated carbocycles. The second-order valence-corrected chi connectivity index (χ2v) is 16.1. The molecular weight excluding hydrogens is 291 g/mol. The van der Waals surface area contributed by atoms with Gasteiger partial charge in [0, 0.05) is 0 Å². The van der Waals surface area contributed by atoms with Gasteiger partial charge in [0.15, 0.2) is 0 Å². The molecule has 100 valence electrons. The fraction of sp³-hybridized carbons (Fsp3) is 0.353. The van der Waals surface area contributed by atoms with Crippen molar-refractivity contribution in [3.05, 3.63) is 53.0 Å². The van der Waals surface area contributed by atoms with Gasteiger partial charge in [-0.15, -0.1) is 0 Å². The van der Waals surface area contributed by atoms with Gasteiger partial charge in [-0.3, -0.25) is 0 Å². The zero-order valence-corrected chi connectivity index (χ0v) is 14.4. The van der Waals surface area contributed by atoms with Crippen molar-refractivity contribution in [1.82, 2.24) is 0 Å². The monoisotopic (exact) mass is 315 g/mol. The second-order valence-electron chi connectivity index (χ2n) is 4.99. The summed E-state index contributed by atoms with van der Waals surface area (Å²) in [5, 5.41) is 12.6. The number of rotatable bonds is 6. The van der Waals surface area contributed by atoms with Crippen LogP contribution in [0.2, 0.25) is 15.8 Å². The molecule has 0 saturated heterocycles. The van der Waals surface area contributed by atoms with Crippen molar-refractivity contribution in [1.29, 1.82) is 5.26 Å². The Labute approximate surface area is 120 Å². The van der Waals surface area contributed by atoms with Crippen LogP contribution in [0.3, 0.4) is 0 Å². The molecule has 0 N–H and O–H groups in total. The molecule has 1 rings (SSSR count). The summed E-state index contributed by atoms with van der Waals surface area (Å²) in [5.74, 6) is 0. The van der Waals surface area contributed by atoms with E-state index in [1.54, 1.807) is 0 Å². The first-order valence-corrected chi connectivity index (χ1v) is 12.4. The van der Waals surface area contributed by atoms with Gasteiger partial charge in [0.05, 0.1) is 0 Å². The zero-order valence-electron chi connectivity index (χ0n) is 12.3. The summed E-state index contributed by atoms with van der Waals surface area (Å²) in [6.07, 6.45) is 0. The normalized spacial score (nSPS) is 10.8. The van der Waals surface area contributed by atoms with Crippen LogP contribution in [0.4, 0.5) is 0 Å². The van der Waals surface area contributed by atoms with Crippen molar-refractivity contribution >= 4 is 18.8 Å². The van der Waals surface area contributed by atoms with Crippen molar-refractivity contribution < 1.29 is 0 Å². The van der Waals surface area contributed by atoms with E-state index in [9.17, 15) is 0 Å². The molecule has 0 atom stereocenters. The van der Waals surface area contributed by atoms with Crippen LogP contribution in [0.25, 0.3) is 5.57 Å². The Kier molecular flexibility index (Phi) is 5.63. The fourth-order valence-electron chi connectivity index (χ4n) is 2.63. The first-order chi connectivity index (χ1) is 9.04. The van der Waals surface area contributed by atoms with Crippen LogP contribution in [-0.2, 0) is 0 Å². The molecule has 0 aliphatic carbocycles. The number of nitrogens with zero attached hydrogens (tertiary/aromatic N) is 1. The fourth-order valence-corrected chi connectivity index (χ4v) is 10.1. The van der Waals surface area contributed by atoms with Gasteiger partial charge in [-0.2, -0.15) is 0 Å². The minimum atomic E-state index is -2.00. The van der Waals surface area contributed by atoms with E-state index in [0.29, 0.717) is 5.56 Å². The predicted octanol–water partition coefficient (Wildman–Crippen LogP) is 5.18. The van der Waals surface area contributed by atoms with Crippen LogP contribution in [-0.4, -0.2) is 13.3 Å². The standard InChI is InChI=1S/C17H23GeN/c1-6-18(7-2,8-3)15(5)14(4)17-11-9-16(13-19)10-12-17/h9-12H,4-8H2,1-3H3. The van der Waals surface area contributed by atoms with Crippen molar-refractivity contribution in [2.45, 2.75) is 36.5 Å². The number of nitriles is 1. The summed E-state index contributed by atoms with van der Waals surface area (Å²) in [7, 11) is 0. The van der Waals surface area contributed by atoms with E-state index in [1.165, 1.54) is 20.2 Å². The Bertz CT molecular complexity index is 493. The molecule has 0 heterocycles. The molecule has 19 heavy (non-hydrogen) atoms. The van der Waals surface area contributed by atoms with Gasteiger partial charge in [0.25, 0.3) is 0 Å². The first-order valence-electron chi connectivity index (χ1n) is 6.93. The van der Waals surface area contributed by atoms with Crippen molar-refractivity contribution in [3.63, 3.8) is 0 Å². The molecule has 1 nitrogen and oxygen atoms in total. The van der Waals surface area contributed by atoms with E-state index < -0.39 is 13.3 Å². The third kappa shape index (κ3) is 3.19. The molecule has 0 aliphatic heterocycles. The molecular formula is C17H23GeN. The molecule has 0 radical (unpaired) electrons. The van der Waals surface area contributed by atoms with Gasteiger partial charge >= 0.3 is 120 Å². The molecule has 0 unspecified atom stereocenters. The van der Waals surface area contributed by atoms with Crippen LogP contribution in [0.5, 0.6) is 0 Å². The van der Waals surface area contributed by atoms with Crippen LogP contribution in [0.15, 0.2) is 41.8 Å². The molecule has 0 fully saturated rings. The molecule has 0 bridgehead atoms. The molecule has 0 spiro atoms. The number of hydrogen-bond donors (Lipinski definition) is 0. The topological polar surface area (TPSA) is 23.8 Å². The van der Waals surface area contributed by atoms with Gasteiger partial charge in [0.2, 0.25) is 0 Å². The van der Waals surface area contributed by atoms with Gasteiger partial charge in [-0.1, -0.05) is 0 Å². The average molecular weight is 314 g/mol. The number of benzene rings is 1. The number of allylic oxidation sites excluding steroid dienone is 2. The van der Waals surface area contributed by atoms with E-state index in [0.717, 1.165) is 11.1 Å². The van der Waals surface area contributed by atoms with Crippen LogP contribution >= 0.6 is 0 Å². The Morgan fingerprint density at radius 2 is 1.53 bits per heavy atom. The molecule has 2 heteroatoms. The minimum absolute atomic E-state index is 0.691. The molecule has 0 amide bonds. The van der Waals surface area contributed by atoms with Crippen LogP contribution in [0, 0.1) is 11.3 Å². The van der Waals surface area contributed by atoms with E-state index in [2.05, 4.69) is 40.0 Å². The van der Waals surface area contributed by atoms with E-state index >= 15 is 0 Å². The molecule has 1 aromatic carbocycles. The third-order valence-corrected chi connectivity index (χ3v) is 16.2. The van der Waals surface area contributed by atoms with Crippen molar-refractivity contribution in [3.8, 4) is 6.07 Å². The van der Waals surface area contributed by atoms with Gasteiger partial charge < -0.3 is 0 Å². The van der Waals surface area contributed by atoms with E-state index in [1.807, 2.05) is 24.3 Å². The first kappa shape index (κ1) is 15.8. The Balaban J connectivity index is 3.05. The Morgan fingerprint density at radius 1 is 1.05 bits per heavy atom. The molecule has 1 aromatic rings. The van der Waals surface area contributed by atoms with Gasteiger partial charge in [0.1, 0.15) is 0 Å². The summed E-state index contributed by atoms with van der Waals surface area (Å²) in [6, 6.07) is 9.82. The van der Waals surface area contributed by atoms with E-state index in [-0.39, 0.29) is 0 Å². The van der Waals surface area contributed by atoms with Gasteiger partial charge in [-0.25, -0.2) is 0 Å². The SMILES string of the molecule is C=C([C](=C)[Ge]([CH2]C)([CH2]C)[CH2]C)c1ccc(C#N)cc1. The summed E-state index contributed by atoms with van der Waals surface area (Å²) in [4.78, 5) is 0. The van der Waals surface area contributed by atoms with Crippen LogP contribution in [0.1, 0.15) is 31.9 Å². The second kappa shape index (κ2) is 6.77.